The monoisotopic (exact) mass is 390 g/mol. The number of carbonyl (C=O) groups is 2. The topological polar surface area (TPSA) is 69.6 Å². The molecule has 2 aromatic carbocycles. The maximum atomic E-state index is 13.2. The van der Waals surface area contributed by atoms with E-state index in [9.17, 15) is 14.0 Å². The quantitative estimate of drug-likeness (QED) is 0.808. The van der Waals surface area contributed by atoms with Gasteiger partial charge in [0.15, 0.2) is 0 Å². The number of anilines is 1. The van der Waals surface area contributed by atoms with Gasteiger partial charge in [0, 0.05) is 18.2 Å². The van der Waals surface area contributed by atoms with Crippen LogP contribution in [-0.2, 0) is 11.3 Å². The summed E-state index contributed by atoms with van der Waals surface area (Å²) < 4.78 is 13.2. The van der Waals surface area contributed by atoms with E-state index in [1.165, 1.54) is 18.2 Å². The van der Waals surface area contributed by atoms with Crippen molar-refractivity contribution in [3.8, 4) is 0 Å². The Morgan fingerprint density at radius 2 is 1.93 bits per heavy atom. The number of nitrogens with zero attached hydrogens (tertiary/aromatic N) is 1. The number of halogens is 2. The Balaban J connectivity index is 1.52. The molecule has 1 saturated heterocycles. The van der Waals surface area contributed by atoms with Gasteiger partial charge < -0.3 is 10.4 Å². The smallest absolute Gasteiger partial charge is 0.335 e. The van der Waals surface area contributed by atoms with Crippen LogP contribution in [0.2, 0.25) is 5.02 Å². The van der Waals surface area contributed by atoms with Gasteiger partial charge in [-0.1, -0.05) is 23.7 Å². The largest absolute Gasteiger partial charge is 0.478 e. The molecule has 1 heterocycles. The van der Waals surface area contributed by atoms with E-state index in [-0.39, 0.29) is 22.4 Å². The van der Waals surface area contributed by atoms with Gasteiger partial charge in [0.25, 0.3) is 0 Å². The van der Waals surface area contributed by atoms with Gasteiger partial charge in [0.05, 0.1) is 10.6 Å². The molecule has 142 valence electrons. The molecule has 1 fully saturated rings. The van der Waals surface area contributed by atoms with Crippen molar-refractivity contribution >= 4 is 29.2 Å². The van der Waals surface area contributed by atoms with E-state index in [0.29, 0.717) is 25.1 Å². The van der Waals surface area contributed by atoms with Gasteiger partial charge in [-0.15, -0.1) is 0 Å². The summed E-state index contributed by atoms with van der Waals surface area (Å²) >= 11 is 5.74. The number of hydrogen-bond donors (Lipinski definition) is 2. The molecule has 7 heteroatoms. The highest BCUT2D eigenvalue weighted by Crippen LogP contribution is 2.23. The number of carboxylic acids is 1. The van der Waals surface area contributed by atoms with Crippen molar-refractivity contribution in [2.45, 2.75) is 19.4 Å². The Hall–Kier alpha value is -2.44. The molecule has 1 aliphatic rings. The third-order valence-corrected chi connectivity index (χ3v) is 5.02. The van der Waals surface area contributed by atoms with Crippen LogP contribution in [0.15, 0.2) is 42.5 Å². The number of rotatable bonds is 5. The van der Waals surface area contributed by atoms with Crippen LogP contribution in [0.4, 0.5) is 10.1 Å². The van der Waals surface area contributed by atoms with Gasteiger partial charge in [-0.25, -0.2) is 9.18 Å². The SMILES string of the molecule is O=C(O)c1cccc(CN2CCC(C(=O)Nc3ccc(F)c(Cl)c3)CC2)c1. The molecule has 5 nitrogen and oxygen atoms in total. The van der Waals surface area contributed by atoms with E-state index in [1.807, 2.05) is 6.07 Å². The van der Waals surface area contributed by atoms with Gasteiger partial charge in [-0.3, -0.25) is 9.69 Å². The van der Waals surface area contributed by atoms with Gasteiger partial charge in [-0.2, -0.15) is 0 Å². The first-order valence-corrected chi connectivity index (χ1v) is 9.10. The highest BCUT2D eigenvalue weighted by atomic mass is 35.5. The van der Waals surface area contributed by atoms with E-state index in [2.05, 4.69) is 10.2 Å². The third kappa shape index (κ3) is 5.05. The number of likely N-dealkylation sites (tertiary alicyclic amines) is 1. The molecule has 0 saturated carbocycles. The second kappa shape index (κ2) is 8.50. The Morgan fingerprint density at radius 1 is 1.19 bits per heavy atom. The Kier molecular flexibility index (Phi) is 6.08. The Morgan fingerprint density at radius 3 is 2.59 bits per heavy atom. The fraction of sp³-hybridized carbons (Fsp3) is 0.300. The zero-order valence-corrected chi connectivity index (χ0v) is 15.4. The summed E-state index contributed by atoms with van der Waals surface area (Å²) in [6.45, 7) is 2.15. The number of aromatic carboxylic acids is 1. The first kappa shape index (κ1) is 19.3. The van der Waals surface area contributed by atoms with E-state index in [4.69, 9.17) is 16.7 Å². The molecular formula is C20H20ClFN2O3. The highest BCUT2D eigenvalue weighted by molar-refractivity contribution is 6.31. The molecule has 2 aromatic rings. The van der Waals surface area contributed by atoms with Crippen LogP contribution in [0.25, 0.3) is 0 Å². The van der Waals surface area contributed by atoms with Crippen LogP contribution in [0.5, 0.6) is 0 Å². The van der Waals surface area contributed by atoms with Gasteiger partial charge >= 0.3 is 5.97 Å². The van der Waals surface area contributed by atoms with E-state index < -0.39 is 11.8 Å². The maximum Gasteiger partial charge on any atom is 0.335 e. The molecule has 0 aliphatic carbocycles. The molecule has 0 unspecified atom stereocenters. The van der Waals surface area contributed by atoms with Gasteiger partial charge in [-0.05, 0) is 61.8 Å². The summed E-state index contributed by atoms with van der Waals surface area (Å²) in [7, 11) is 0. The predicted octanol–water partition coefficient (Wildman–Crippen LogP) is 4.03. The number of hydrogen-bond acceptors (Lipinski definition) is 3. The zero-order valence-electron chi connectivity index (χ0n) is 14.6. The lowest BCUT2D eigenvalue weighted by Gasteiger charge is -2.31. The van der Waals surface area contributed by atoms with Crippen molar-refractivity contribution in [3.63, 3.8) is 0 Å². The Bertz CT molecular complexity index is 851. The highest BCUT2D eigenvalue weighted by Gasteiger charge is 2.25. The molecule has 1 aliphatic heterocycles. The summed E-state index contributed by atoms with van der Waals surface area (Å²) in [6.07, 6.45) is 1.42. The number of piperidine rings is 1. The summed E-state index contributed by atoms with van der Waals surface area (Å²) in [5.74, 6) is -1.66. The number of carboxylic acid groups (broad SMARTS) is 1. The standard InChI is InChI=1S/C20H20ClFN2O3/c21-17-11-16(4-5-18(17)22)23-19(25)14-6-8-24(9-7-14)12-13-2-1-3-15(10-13)20(26)27/h1-5,10-11,14H,6-9,12H2,(H,23,25)(H,26,27). The predicted molar refractivity (Wildman–Crippen MR) is 101 cm³/mol. The molecular weight excluding hydrogens is 371 g/mol. The fourth-order valence-corrected chi connectivity index (χ4v) is 3.41. The fourth-order valence-electron chi connectivity index (χ4n) is 3.23. The summed E-state index contributed by atoms with van der Waals surface area (Å²) in [4.78, 5) is 25.7. The summed E-state index contributed by atoms with van der Waals surface area (Å²) in [5.41, 5.74) is 1.71. The molecule has 2 N–H and O–H groups in total. The van der Waals surface area contributed by atoms with Crippen LogP contribution in [0.3, 0.4) is 0 Å². The zero-order chi connectivity index (χ0) is 19.4. The molecule has 0 atom stereocenters. The first-order valence-electron chi connectivity index (χ1n) is 8.73. The lowest BCUT2D eigenvalue weighted by Crippen LogP contribution is -2.37. The minimum Gasteiger partial charge on any atom is -0.478 e. The average Bonchev–Trinajstić information content (AvgIpc) is 2.65. The summed E-state index contributed by atoms with van der Waals surface area (Å²) in [5, 5.41) is 11.8. The van der Waals surface area contributed by atoms with Crippen LogP contribution in [0, 0.1) is 11.7 Å². The van der Waals surface area contributed by atoms with Crippen molar-refractivity contribution in [1.82, 2.24) is 4.90 Å². The minimum atomic E-state index is -0.937. The van der Waals surface area contributed by atoms with Gasteiger partial charge in [0.1, 0.15) is 5.82 Å². The second-order valence-electron chi connectivity index (χ2n) is 6.67. The van der Waals surface area contributed by atoms with Crippen molar-refractivity contribution in [3.05, 3.63) is 64.4 Å². The van der Waals surface area contributed by atoms with Crippen LogP contribution < -0.4 is 5.32 Å². The maximum absolute atomic E-state index is 13.2. The van der Waals surface area contributed by atoms with Crippen molar-refractivity contribution in [2.75, 3.05) is 18.4 Å². The normalized spacial score (nSPS) is 15.5. The summed E-state index contributed by atoms with van der Waals surface area (Å²) in [6, 6.07) is 11.0. The lowest BCUT2D eigenvalue weighted by atomic mass is 9.95. The van der Waals surface area contributed by atoms with Crippen molar-refractivity contribution in [2.24, 2.45) is 5.92 Å². The van der Waals surface area contributed by atoms with E-state index in [0.717, 1.165) is 18.7 Å². The van der Waals surface area contributed by atoms with Crippen LogP contribution in [-0.4, -0.2) is 35.0 Å². The lowest BCUT2D eigenvalue weighted by molar-refractivity contribution is -0.121. The first-order chi connectivity index (χ1) is 12.9. The molecule has 3 rings (SSSR count). The molecule has 0 radical (unpaired) electrons. The molecule has 0 aromatic heterocycles. The van der Waals surface area contributed by atoms with Crippen LogP contribution >= 0.6 is 11.6 Å². The minimum absolute atomic E-state index is 0.0220. The molecule has 1 amide bonds. The van der Waals surface area contributed by atoms with Crippen molar-refractivity contribution in [1.29, 1.82) is 0 Å². The third-order valence-electron chi connectivity index (χ3n) is 4.73. The van der Waals surface area contributed by atoms with E-state index in [1.54, 1.807) is 18.2 Å². The second-order valence-corrected chi connectivity index (χ2v) is 7.08. The number of benzene rings is 2. The average molecular weight is 391 g/mol. The van der Waals surface area contributed by atoms with Crippen molar-refractivity contribution < 1.29 is 19.1 Å². The molecule has 0 spiro atoms. The van der Waals surface area contributed by atoms with Gasteiger partial charge in [0.2, 0.25) is 5.91 Å². The Labute approximate surface area is 161 Å². The molecule has 27 heavy (non-hydrogen) atoms. The molecule has 0 bridgehead atoms. The number of amides is 1. The number of nitrogens with one attached hydrogen (secondary N) is 1. The van der Waals surface area contributed by atoms with Crippen LogP contribution in [0.1, 0.15) is 28.8 Å². The van der Waals surface area contributed by atoms with E-state index >= 15 is 0 Å². The number of carbonyl (C=O) groups excluding carboxylic acids is 1.